The molecule has 0 bridgehead atoms. The molecule has 2 rings (SSSR count). The first-order chi connectivity index (χ1) is 10.0. The van der Waals surface area contributed by atoms with Crippen LogP contribution < -0.4 is 5.32 Å². The first kappa shape index (κ1) is 16.3. The number of rotatable bonds is 6. The molecule has 0 spiro atoms. The molecule has 0 amide bonds. The number of hydrogen-bond acceptors (Lipinski definition) is 5. The molecule has 4 nitrogen and oxygen atoms in total. The molecule has 0 fully saturated rings. The number of esters is 1. The zero-order valence-electron chi connectivity index (χ0n) is 13.5. The standard InChI is InChI=1S/C16H26N2O2S/c1-5-16(4,6-2)18-15-17-13-11(14(19)20-7-3)9-8-10-12(13)21-15/h11H,5-10H2,1-4H3,(H,17,18). The Labute approximate surface area is 131 Å². The first-order valence-electron chi connectivity index (χ1n) is 7.97. The van der Waals surface area contributed by atoms with Gasteiger partial charge in [0.15, 0.2) is 5.13 Å². The van der Waals surface area contributed by atoms with E-state index in [1.165, 1.54) is 4.88 Å². The summed E-state index contributed by atoms with van der Waals surface area (Å²) in [6.45, 7) is 8.88. The van der Waals surface area contributed by atoms with E-state index in [2.05, 4.69) is 26.1 Å². The molecule has 0 aliphatic heterocycles. The van der Waals surface area contributed by atoms with Crippen molar-refractivity contribution in [3.8, 4) is 0 Å². The van der Waals surface area contributed by atoms with Gasteiger partial charge in [0.2, 0.25) is 0 Å². The molecule has 0 aromatic carbocycles. The Hall–Kier alpha value is -1.10. The SMILES string of the molecule is CCOC(=O)C1CCCc2sc(NC(C)(CC)CC)nc21. The van der Waals surface area contributed by atoms with Crippen LogP contribution >= 0.6 is 11.3 Å². The normalized spacial score (nSPS) is 18.2. The van der Waals surface area contributed by atoms with Gasteiger partial charge in [0.25, 0.3) is 0 Å². The molecule has 0 saturated carbocycles. The molecule has 1 aromatic rings. The lowest BCUT2D eigenvalue weighted by Gasteiger charge is -2.27. The van der Waals surface area contributed by atoms with E-state index in [0.717, 1.165) is 42.9 Å². The summed E-state index contributed by atoms with van der Waals surface area (Å²) in [5.41, 5.74) is 1.02. The first-order valence-corrected chi connectivity index (χ1v) is 8.79. The highest BCUT2D eigenvalue weighted by atomic mass is 32.1. The maximum Gasteiger partial charge on any atom is 0.315 e. The third-order valence-corrected chi connectivity index (χ3v) is 5.54. The lowest BCUT2D eigenvalue weighted by atomic mass is 9.91. The quantitative estimate of drug-likeness (QED) is 0.803. The Bertz CT molecular complexity index is 494. The molecule has 0 radical (unpaired) electrons. The van der Waals surface area contributed by atoms with E-state index < -0.39 is 0 Å². The molecule has 1 heterocycles. The molecule has 0 saturated heterocycles. The molecule has 1 N–H and O–H groups in total. The fourth-order valence-corrected chi connectivity index (χ4v) is 3.84. The van der Waals surface area contributed by atoms with Gasteiger partial charge in [-0.1, -0.05) is 13.8 Å². The molecule has 1 unspecified atom stereocenters. The molecular weight excluding hydrogens is 284 g/mol. The van der Waals surface area contributed by atoms with E-state index in [1.54, 1.807) is 11.3 Å². The number of nitrogens with zero attached hydrogens (tertiary/aromatic N) is 1. The van der Waals surface area contributed by atoms with Crippen LogP contribution in [0.25, 0.3) is 0 Å². The van der Waals surface area contributed by atoms with E-state index in [1.807, 2.05) is 6.92 Å². The lowest BCUT2D eigenvalue weighted by molar-refractivity contribution is -0.145. The number of thiazole rings is 1. The van der Waals surface area contributed by atoms with Crippen molar-refractivity contribution in [3.05, 3.63) is 10.6 Å². The van der Waals surface area contributed by atoms with Crippen LogP contribution in [0.15, 0.2) is 0 Å². The summed E-state index contributed by atoms with van der Waals surface area (Å²) in [6.07, 6.45) is 5.02. The predicted octanol–water partition coefficient (Wildman–Crippen LogP) is 4.12. The second-order valence-corrected chi connectivity index (χ2v) is 7.00. The number of hydrogen-bond donors (Lipinski definition) is 1. The summed E-state index contributed by atoms with van der Waals surface area (Å²) in [6, 6.07) is 0. The highest BCUT2D eigenvalue weighted by Crippen LogP contribution is 2.38. The van der Waals surface area contributed by atoms with E-state index >= 15 is 0 Å². The van der Waals surface area contributed by atoms with Gasteiger partial charge in [0.1, 0.15) is 5.92 Å². The summed E-state index contributed by atoms with van der Waals surface area (Å²) in [7, 11) is 0. The molecule has 1 aromatic heterocycles. The zero-order chi connectivity index (χ0) is 15.5. The lowest BCUT2D eigenvalue weighted by Crippen LogP contribution is -2.32. The fraction of sp³-hybridized carbons (Fsp3) is 0.750. The molecule has 5 heteroatoms. The van der Waals surface area contributed by atoms with Gasteiger partial charge in [-0.25, -0.2) is 4.98 Å². The maximum atomic E-state index is 12.1. The topological polar surface area (TPSA) is 51.2 Å². The number of carbonyl (C=O) groups excluding carboxylic acids is 1. The van der Waals surface area contributed by atoms with Crippen molar-refractivity contribution < 1.29 is 9.53 Å². The van der Waals surface area contributed by atoms with Crippen LogP contribution in [-0.2, 0) is 16.0 Å². The van der Waals surface area contributed by atoms with Crippen LogP contribution in [0.2, 0.25) is 0 Å². The van der Waals surface area contributed by atoms with E-state index in [0.29, 0.717) is 6.61 Å². The number of aromatic nitrogens is 1. The summed E-state index contributed by atoms with van der Waals surface area (Å²) in [5, 5.41) is 4.51. The smallest absolute Gasteiger partial charge is 0.315 e. The van der Waals surface area contributed by atoms with Gasteiger partial charge in [-0.05, 0) is 46.0 Å². The molecule has 21 heavy (non-hydrogen) atoms. The van der Waals surface area contributed by atoms with Gasteiger partial charge in [-0.15, -0.1) is 11.3 Å². The van der Waals surface area contributed by atoms with Gasteiger partial charge in [-0.2, -0.15) is 0 Å². The van der Waals surface area contributed by atoms with Crippen molar-refractivity contribution in [2.45, 2.75) is 71.3 Å². The molecule has 118 valence electrons. The van der Waals surface area contributed by atoms with Crippen LogP contribution in [0.5, 0.6) is 0 Å². The molecule has 1 aliphatic rings. The summed E-state index contributed by atoms with van der Waals surface area (Å²) in [5.74, 6) is -0.293. The number of carbonyl (C=O) groups is 1. The Morgan fingerprint density at radius 2 is 2.14 bits per heavy atom. The van der Waals surface area contributed by atoms with Crippen molar-refractivity contribution in [1.29, 1.82) is 0 Å². The van der Waals surface area contributed by atoms with Gasteiger partial charge < -0.3 is 10.1 Å². The zero-order valence-corrected chi connectivity index (χ0v) is 14.3. The Morgan fingerprint density at radius 1 is 1.43 bits per heavy atom. The van der Waals surface area contributed by atoms with Crippen molar-refractivity contribution in [3.63, 3.8) is 0 Å². The maximum absolute atomic E-state index is 12.1. The van der Waals surface area contributed by atoms with Crippen molar-refractivity contribution in [2.75, 3.05) is 11.9 Å². The van der Waals surface area contributed by atoms with Gasteiger partial charge in [0, 0.05) is 10.4 Å². The van der Waals surface area contributed by atoms with Crippen LogP contribution in [0.4, 0.5) is 5.13 Å². The number of anilines is 1. The van der Waals surface area contributed by atoms with Crippen molar-refractivity contribution in [1.82, 2.24) is 4.98 Å². The van der Waals surface area contributed by atoms with Gasteiger partial charge in [0.05, 0.1) is 12.3 Å². The van der Waals surface area contributed by atoms with Crippen molar-refractivity contribution >= 4 is 22.4 Å². The average molecular weight is 310 g/mol. The number of nitrogens with one attached hydrogen (secondary N) is 1. The van der Waals surface area contributed by atoms with Crippen LogP contribution in [-0.4, -0.2) is 23.1 Å². The Kier molecular flexibility index (Phi) is 5.25. The Balaban J connectivity index is 2.21. The second kappa shape index (κ2) is 6.77. The van der Waals surface area contributed by atoms with Crippen molar-refractivity contribution in [2.24, 2.45) is 0 Å². The number of ether oxygens (including phenoxy) is 1. The predicted molar refractivity (Wildman–Crippen MR) is 87.0 cm³/mol. The minimum atomic E-state index is -0.171. The average Bonchev–Trinajstić information content (AvgIpc) is 2.89. The third-order valence-electron chi connectivity index (χ3n) is 4.49. The van der Waals surface area contributed by atoms with Gasteiger partial charge >= 0.3 is 5.97 Å². The van der Waals surface area contributed by atoms with Gasteiger partial charge in [-0.3, -0.25) is 4.79 Å². The second-order valence-electron chi connectivity index (χ2n) is 5.92. The summed E-state index contributed by atoms with van der Waals surface area (Å²) >= 11 is 1.70. The van der Waals surface area contributed by atoms with Crippen LogP contribution in [0, 0.1) is 0 Å². The Morgan fingerprint density at radius 3 is 2.76 bits per heavy atom. The molecule has 1 aliphatic carbocycles. The molecule has 1 atom stereocenters. The van der Waals surface area contributed by atoms with E-state index in [9.17, 15) is 4.79 Å². The van der Waals surface area contributed by atoms with Crippen LogP contribution in [0.3, 0.4) is 0 Å². The minimum absolute atomic E-state index is 0.0693. The summed E-state index contributed by atoms with van der Waals surface area (Å²) in [4.78, 5) is 18.1. The van der Waals surface area contributed by atoms with E-state index in [-0.39, 0.29) is 17.4 Å². The largest absolute Gasteiger partial charge is 0.465 e. The monoisotopic (exact) mass is 310 g/mol. The number of aryl methyl sites for hydroxylation is 1. The fourth-order valence-electron chi connectivity index (χ4n) is 2.63. The highest BCUT2D eigenvalue weighted by Gasteiger charge is 2.32. The van der Waals surface area contributed by atoms with Crippen LogP contribution in [0.1, 0.15) is 69.9 Å². The third kappa shape index (κ3) is 3.57. The number of fused-ring (bicyclic) bond motifs is 1. The highest BCUT2D eigenvalue weighted by molar-refractivity contribution is 7.15. The minimum Gasteiger partial charge on any atom is -0.465 e. The summed E-state index contributed by atoms with van der Waals surface area (Å²) < 4.78 is 5.20. The van der Waals surface area contributed by atoms with E-state index in [4.69, 9.17) is 9.72 Å². The molecular formula is C16H26N2O2S.